The van der Waals surface area contributed by atoms with Gasteiger partial charge < -0.3 is 39.0 Å². The van der Waals surface area contributed by atoms with E-state index in [-0.39, 0.29) is 25.9 Å². The van der Waals surface area contributed by atoms with E-state index in [9.17, 15) is 34.5 Å². The number of carboxylic acids is 1. The molecule has 1 aliphatic rings. The maximum Gasteiger partial charge on any atom is 0.335 e. The number of ether oxygens (including phenoxy) is 5. The van der Waals surface area contributed by atoms with Crippen LogP contribution in [0.3, 0.4) is 0 Å². The largest absolute Gasteiger partial charge is 0.479 e. The van der Waals surface area contributed by atoms with Crippen LogP contribution >= 0.6 is 0 Å². The van der Waals surface area contributed by atoms with Crippen LogP contribution < -0.4 is 0 Å². The maximum absolute atomic E-state index is 13.0. The summed E-state index contributed by atoms with van der Waals surface area (Å²) in [6, 6.07) is 0. The van der Waals surface area contributed by atoms with Gasteiger partial charge in [-0.2, -0.15) is 0 Å². The number of aliphatic hydroxyl groups excluding tert-OH is 2. The highest BCUT2D eigenvalue weighted by atomic mass is 16.7. The summed E-state index contributed by atoms with van der Waals surface area (Å²) in [4.78, 5) is 50.8. The summed E-state index contributed by atoms with van der Waals surface area (Å²) in [5.41, 5.74) is 0. The Morgan fingerprint density at radius 1 is 0.493 bits per heavy atom. The van der Waals surface area contributed by atoms with Crippen LogP contribution in [0.25, 0.3) is 0 Å². The van der Waals surface area contributed by atoms with Crippen LogP contribution in [0.5, 0.6) is 0 Å². The zero-order valence-electron chi connectivity index (χ0n) is 42.8. The Bertz CT molecular complexity index is 1530. The van der Waals surface area contributed by atoms with Crippen LogP contribution in [0.4, 0.5) is 0 Å². The first-order valence-corrected chi connectivity index (χ1v) is 26.6. The molecule has 0 aromatic heterocycles. The van der Waals surface area contributed by atoms with Gasteiger partial charge in [-0.25, -0.2) is 4.79 Å². The number of carboxylic acid groups (broad SMARTS) is 1. The molecule has 0 radical (unpaired) electrons. The van der Waals surface area contributed by atoms with Crippen molar-refractivity contribution in [3.05, 3.63) is 85.1 Å². The Balaban J connectivity index is 2.75. The van der Waals surface area contributed by atoms with E-state index < -0.39 is 67.3 Å². The second kappa shape index (κ2) is 45.1. The van der Waals surface area contributed by atoms with E-state index in [1.165, 1.54) is 32.1 Å². The first-order valence-electron chi connectivity index (χ1n) is 26.6. The molecule has 1 saturated heterocycles. The minimum Gasteiger partial charge on any atom is -0.479 e. The Morgan fingerprint density at radius 3 is 1.45 bits per heavy atom. The number of aliphatic hydroxyl groups is 2. The van der Waals surface area contributed by atoms with Crippen LogP contribution in [-0.2, 0) is 42.9 Å². The molecule has 69 heavy (non-hydrogen) atoms. The fraction of sp³-hybridized carbons (Fsp3) is 0.684. The summed E-state index contributed by atoms with van der Waals surface area (Å²) in [5.74, 6) is -3.25. The molecule has 0 spiro atoms. The Morgan fingerprint density at radius 2 is 0.942 bits per heavy atom. The number of unbranched alkanes of at least 4 members (excludes halogenated alkanes) is 15. The zero-order valence-corrected chi connectivity index (χ0v) is 42.8. The van der Waals surface area contributed by atoms with Gasteiger partial charge in [-0.05, 0) is 77.0 Å². The minimum absolute atomic E-state index is 0.0371. The SMILES string of the molecule is CC/C=C\C/C=C\C/C=C\C/C=C\CCC(=O)OC(COC(=O)CCCCCCCCC/C=C\C/C=C\C/C=C\CC)COC1OC(C(=O)O)C(O)C(O)C1OC(=O)CCCCCCCCCCC. The summed E-state index contributed by atoms with van der Waals surface area (Å²) in [5, 5.41) is 31.3. The molecule has 1 rings (SSSR count). The van der Waals surface area contributed by atoms with E-state index >= 15 is 0 Å². The van der Waals surface area contributed by atoms with E-state index in [4.69, 9.17) is 23.7 Å². The summed E-state index contributed by atoms with van der Waals surface area (Å²) in [6.45, 7) is 5.63. The molecular formula is C57H92O12. The topological polar surface area (TPSA) is 175 Å². The molecule has 0 bridgehead atoms. The van der Waals surface area contributed by atoms with Crippen molar-refractivity contribution in [1.29, 1.82) is 0 Å². The number of carbonyl (C=O) groups is 4. The van der Waals surface area contributed by atoms with E-state index in [0.717, 1.165) is 103 Å². The van der Waals surface area contributed by atoms with Gasteiger partial charge in [0.15, 0.2) is 24.6 Å². The van der Waals surface area contributed by atoms with Crippen molar-refractivity contribution < 1.29 is 58.2 Å². The lowest BCUT2D eigenvalue weighted by molar-refractivity contribution is -0.301. The predicted molar refractivity (Wildman–Crippen MR) is 275 cm³/mol. The molecule has 0 aliphatic carbocycles. The average Bonchev–Trinajstić information content (AvgIpc) is 3.33. The van der Waals surface area contributed by atoms with Crippen molar-refractivity contribution in [3.8, 4) is 0 Å². The molecule has 1 aliphatic heterocycles. The average molecular weight is 969 g/mol. The van der Waals surface area contributed by atoms with Crippen LogP contribution in [0.2, 0.25) is 0 Å². The molecule has 1 heterocycles. The second-order valence-electron chi connectivity index (χ2n) is 17.8. The molecular weight excluding hydrogens is 877 g/mol. The van der Waals surface area contributed by atoms with Gasteiger partial charge in [0.05, 0.1) is 6.61 Å². The van der Waals surface area contributed by atoms with Crippen LogP contribution in [-0.4, -0.2) is 89.2 Å². The summed E-state index contributed by atoms with van der Waals surface area (Å²) in [6.07, 6.45) is 44.6. The summed E-state index contributed by atoms with van der Waals surface area (Å²) >= 11 is 0. The van der Waals surface area contributed by atoms with Crippen molar-refractivity contribution in [2.24, 2.45) is 0 Å². The fourth-order valence-electron chi connectivity index (χ4n) is 7.45. The van der Waals surface area contributed by atoms with Crippen molar-refractivity contribution in [2.75, 3.05) is 13.2 Å². The Kier molecular flexibility index (Phi) is 41.1. The molecule has 0 amide bonds. The first-order chi connectivity index (χ1) is 33.6. The summed E-state index contributed by atoms with van der Waals surface area (Å²) in [7, 11) is 0. The lowest BCUT2D eigenvalue weighted by Crippen LogP contribution is -2.61. The Hall–Kier alpha value is -4.10. The number of allylic oxidation sites excluding steroid dienone is 14. The predicted octanol–water partition coefficient (Wildman–Crippen LogP) is 12.8. The lowest BCUT2D eigenvalue weighted by Gasteiger charge is -2.40. The number of carbonyl (C=O) groups excluding carboxylic acids is 3. The molecule has 12 heteroatoms. The van der Waals surface area contributed by atoms with Crippen molar-refractivity contribution in [3.63, 3.8) is 0 Å². The van der Waals surface area contributed by atoms with Crippen molar-refractivity contribution in [1.82, 2.24) is 0 Å². The molecule has 0 aromatic carbocycles. The molecule has 1 fully saturated rings. The van der Waals surface area contributed by atoms with Gasteiger partial charge >= 0.3 is 23.9 Å². The molecule has 6 atom stereocenters. The van der Waals surface area contributed by atoms with Gasteiger partial charge in [-0.3, -0.25) is 14.4 Å². The van der Waals surface area contributed by atoms with Gasteiger partial charge in [0.1, 0.15) is 18.8 Å². The van der Waals surface area contributed by atoms with Crippen LogP contribution in [0.15, 0.2) is 85.1 Å². The Labute approximate surface area is 416 Å². The van der Waals surface area contributed by atoms with E-state index in [1.807, 2.05) is 12.2 Å². The van der Waals surface area contributed by atoms with Crippen LogP contribution in [0.1, 0.15) is 201 Å². The molecule has 6 unspecified atom stereocenters. The fourth-order valence-corrected chi connectivity index (χ4v) is 7.45. The number of rotatable bonds is 43. The number of hydrogen-bond acceptors (Lipinski definition) is 11. The highest BCUT2D eigenvalue weighted by molar-refractivity contribution is 5.74. The van der Waals surface area contributed by atoms with Gasteiger partial charge in [0.2, 0.25) is 0 Å². The second-order valence-corrected chi connectivity index (χ2v) is 17.8. The van der Waals surface area contributed by atoms with Gasteiger partial charge in [0.25, 0.3) is 0 Å². The standard InChI is InChI=1S/C57H92O12/c1-4-7-10-13-16-19-21-23-24-25-26-28-29-32-34-37-40-43-49(58)65-46-48(67-50(59)44-41-38-36-33-30-27-22-20-17-14-11-8-5-2)47-66-57-55(53(62)52(61)54(69-57)56(63)64)68-51(60)45-42-39-35-31-18-15-12-9-6-3/h7-8,10-11,16-17,19-20,23-24,27,30,36,38,48,52-55,57,61-62H,4-6,9,12-15,18,21-22,25-26,28-29,31-35,37,39-47H2,1-3H3,(H,63,64)/b10-7-,11-8-,19-16-,20-17-,24-23-,30-27-,38-36-. The molecule has 0 saturated carbocycles. The third-order valence-electron chi connectivity index (χ3n) is 11.5. The number of esters is 3. The van der Waals surface area contributed by atoms with E-state index in [0.29, 0.717) is 25.7 Å². The van der Waals surface area contributed by atoms with Gasteiger partial charge in [-0.15, -0.1) is 0 Å². The van der Waals surface area contributed by atoms with Crippen LogP contribution in [0, 0.1) is 0 Å². The highest BCUT2D eigenvalue weighted by Gasteiger charge is 2.50. The number of aliphatic carboxylic acids is 1. The normalized spacial score (nSPS) is 19.3. The monoisotopic (exact) mass is 969 g/mol. The molecule has 392 valence electrons. The molecule has 12 nitrogen and oxygen atoms in total. The van der Waals surface area contributed by atoms with Gasteiger partial charge in [-0.1, -0.05) is 189 Å². The quantitative estimate of drug-likeness (QED) is 0.0229. The summed E-state index contributed by atoms with van der Waals surface area (Å²) < 4.78 is 28.2. The number of hydrogen-bond donors (Lipinski definition) is 3. The zero-order chi connectivity index (χ0) is 50.4. The molecule has 3 N–H and O–H groups in total. The maximum atomic E-state index is 13.0. The highest BCUT2D eigenvalue weighted by Crippen LogP contribution is 2.26. The molecule has 0 aromatic rings. The van der Waals surface area contributed by atoms with Crippen molar-refractivity contribution >= 4 is 23.9 Å². The van der Waals surface area contributed by atoms with E-state index in [2.05, 4.69) is 93.7 Å². The van der Waals surface area contributed by atoms with E-state index in [1.54, 1.807) is 0 Å². The minimum atomic E-state index is -1.91. The first kappa shape index (κ1) is 62.9. The smallest absolute Gasteiger partial charge is 0.335 e. The van der Waals surface area contributed by atoms with Crippen molar-refractivity contribution in [2.45, 2.75) is 237 Å². The van der Waals surface area contributed by atoms with Gasteiger partial charge in [0, 0.05) is 19.3 Å². The lowest BCUT2D eigenvalue weighted by atomic mass is 9.98. The third-order valence-corrected chi connectivity index (χ3v) is 11.5. The third kappa shape index (κ3) is 35.6.